The molecule has 1 N–H and O–H groups in total. The van der Waals surface area contributed by atoms with Crippen LogP contribution < -0.4 is 5.32 Å². The smallest absolute Gasteiger partial charge is 0.328 e. The second-order valence-corrected chi connectivity index (χ2v) is 7.29. The number of nitrogens with one attached hydrogen (secondary N) is 1. The predicted octanol–water partition coefficient (Wildman–Crippen LogP) is 0.132. The van der Waals surface area contributed by atoms with Crippen molar-refractivity contribution in [3.8, 4) is 0 Å². The van der Waals surface area contributed by atoms with Gasteiger partial charge >= 0.3 is 5.97 Å². The Balaban J connectivity index is 1.80. The molecule has 0 spiro atoms. The Morgan fingerprint density at radius 1 is 1.33 bits per heavy atom. The minimum Gasteiger partial charge on any atom is -0.467 e. The van der Waals surface area contributed by atoms with E-state index in [0.717, 1.165) is 0 Å². The Morgan fingerprint density at radius 3 is 2.75 bits per heavy atom. The van der Waals surface area contributed by atoms with Gasteiger partial charge in [-0.3, -0.25) is 4.79 Å². The monoisotopic (exact) mass is 343 g/mol. The predicted molar refractivity (Wildman–Crippen MR) is 81.1 cm³/mol. The molecule has 3 aliphatic rings. The minimum atomic E-state index is -0.801. The van der Waals surface area contributed by atoms with Crippen molar-refractivity contribution in [2.24, 2.45) is 0 Å². The molecule has 2 saturated heterocycles. The summed E-state index contributed by atoms with van der Waals surface area (Å²) in [6.07, 6.45) is 0.0495. The van der Waals surface area contributed by atoms with E-state index in [0.29, 0.717) is 13.0 Å². The van der Waals surface area contributed by atoms with Gasteiger partial charge in [0, 0.05) is 19.8 Å². The molecule has 1 aliphatic carbocycles. The largest absolute Gasteiger partial charge is 0.467 e. The van der Waals surface area contributed by atoms with E-state index >= 15 is 0 Å². The lowest BCUT2D eigenvalue weighted by atomic mass is 9.90. The maximum atomic E-state index is 12.0. The fourth-order valence-electron chi connectivity index (χ4n) is 3.91. The number of hydrogen-bond donors (Lipinski definition) is 1. The van der Waals surface area contributed by atoms with Crippen molar-refractivity contribution in [1.29, 1.82) is 0 Å². The Labute approximate surface area is 141 Å². The van der Waals surface area contributed by atoms with Crippen molar-refractivity contribution in [2.75, 3.05) is 20.5 Å². The van der Waals surface area contributed by atoms with Crippen molar-refractivity contribution in [2.45, 2.75) is 69.2 Å². The third kappa shape index (κ3) is 3.15. The van der Waals surface area contributed by atoms with Crippen LogP contribution in [0.25, 0.3) is 0 Å². The minimum absolute atomic E-state index is 0.134. The van der Waals surface area contributed by atoms with Gasteiger partial charge in [0.05, 0.1) is 25.4 Å². The first-order valence-corrected chi connectivity index (χ1v) is 8.16. The Bertz CT molecular complexity index is 523. The molecule has 0 aromatic carbocycles. The van der Waals surface area contributed by atoms with Crippen LogP contribution in [0.5, 0.6) is 0 Å². The molecule has 5 atom stereocenters. The quantitative estimate of drug-likeness (QED) is 0.726. The highest BCUT2D eigenvalue weighted by atomic mass is 16.7. The van der Waals surface area contributed by atoms with Gasteiger partial charge in [-0.25, -0.2) is 4.79 Å². The molecule has 0 bridgehead atoms. The van der Waals surface area contributed by atoms with Crippen LogP contribution >= 0.6 is 0 Å². The van der Waals surface area contributed by atoms with Gasteiger partial charge in [0.2, 0.25) is 5.91 Å². The van der Waals surface area contributed by atoms with Crippen LogP contribution in [0.2, 0.25) is 0 Å². The molecule has 3 fully saturated rings. The molecule has 1 unspecified atom stereocenters. The van der Waals surface area contributed by atoms with Crippen molar-refractivity contribution in [1.82, 2.24) is 5.32 Å². The zero-order valence-electron chi connectivity index (χ0n) is 14.5. The molecule has 0 aromatic rings. The van der Waals surface area contributed by atoms with Crippen LogP contribution in [-0.2, 0) is 33.3 Å². The number of fused-ring (bicyclic) bond motifs is 3. The van der Waals surface area contributed by atoms with E-state index < -0.39 is 17.6 Å². The number of rotatable bonds is 4. The zero-order valence-corrected chi connectivity index (χ0v) is 14.5. The average molecular weight is 343 g/mol. The van der Waals surface area contributed by atoms with Crippen molar-refractivity contribution in [3.05, 3.63) is 0 Å². The standard InChI is InChI=1S/C16H25NO7/c1-9(18)17-10(14(19)20-4)5-16-6-11-12(13(16)22-8-23-16)21-7-15(2,3)24-11/h10-13H,5-8H2,1-4H3,(H,17,18)/t10?,11-,12-,13+,16-/m0/s1. The van der Waals surface area contributed by atoms with Gasteiger partial charge in [-0.2, -0.15) is 0 Å². The van der Waals surface area contributed by atoms with Crippen LogP contribution in [0, 0.1) is 0 Å². The first-order chi connectivity index (χ1) is 11.3. The lowest BCUT2D eigenvalue weighted by molar-refractivity contribution is -0.226. The summed E-state index contributed by atoms with van der Waals surface area (Å²) in [7, 11) is 1.29. The molecule has 136 valence electrons. The summed E-state index contributed by atoms with van der Waals surface area (Å²) in [5.41, 5.74) is -1.11. The molecule has 2 heterocycles. The normalized spacial score (nSPS) is 38.1. The summed E-state index contributed by atoms with van der Waals surface area (Å²) in [6, 6.07) is -0.801. The highest BCUT2D eigenvalue weighted by molar-refractivity contribution is 5.83. The molecule has 0 radical (unpaired) electrons. The van der Waals surface area contributed by atoms with Gasteiger partial charge in [-0.05, 0) is 13.8 Å². The summed E-state index contributed by atoms with van der Waals surface area (Å²) < 4.78 is 28.5. The molecule has 3 rings (SSSR count). The summed E-state index contributed by atoms with van der Waals surface area (Å²) >= 11 is 0. The second kappa shape index (κ2) is 6.25. The average Bonchev–Trinajstić information content (AvgIpc) is 2.99. The van der Waals surface area contributed by atoms with Gasteiger partial charge in [0.1, 0.15) is 30.6 Å². The van der Waals surface area contributed by atoms with E-state index in [1.165, 1.54) is 14.0 Å². The summed E-state index contributed by atoms with van der Waals surface area (Å²) in [5, 5.41) is 2.63. The third-order valence-electron chi connectivity index (χ3n) is 4.83. The van der Waals surface area contributed by atoms with Crippen LogP contribution in [0.1, 0.15) is 33.6 Å². The molecular formula is C16H25NO7. The number of ether oxygens (including phenoxy) is 5. The number of carbonyl (C=O) groups is 2. The highest BCUT2D eigenvalue weighted by Crippen LogP contribution is 2.48. The molecule has 8 nitrogen and oxygen atoms in total. The zero-order chi connectivity index (χ0) is 17.5. The second-order valence-electron chi connectivity index (χ2n) is 7.29. The number of esters is 1. The number of amides is 1. The lowest BCUT2D eigenvalue weighted by Crippen LogP contribution is -2.51. The molecule has 0 aromatic heterocycles. The van der Waals surface area contributed by atoms with E-state index in [-0.39, 0.29) is 43.0 Å². The van der Waals surface area contributed by atoms with Gasteiger partial charge < -0.3 is 29.0 Å². The summed E-state index contributed by atoms with van der Waals surface area (Å²) in [5.74, 6) is -0.813. The van der Waals surface area contributed by atoms with E-state index in [1.54, 1.807) is 0 Å². The summed E-state index contributed by atoms with van der Waals surface area (Å²) in [6.45, 7) is 5.91. The first kappa shape index (κ1) is 17.6. The van der Waals surface area contributed by atoms with Gasteiger partial charge in [0.25, 0.3) is 0 Å². The van der Waals surface area contributed by atoms with Gasteiger partial charge in [0.15, 0.2) is 0 Å². The Morgan fingerprint density at radius 2 is 2.08 bits per heavy atom. The van der Waals surface area contributed by atoms with E-state index in [4.69, 9.17) is 23.7 Å². The maximum absolute atomic E-state index is 12.0. The maximum Gasteiger partial charge on any atom is 0.328 e. The first-order valence-electron chi connectivity index (χ1n) is 8.16. The lowest BCUT2D eigenvalue weighted by Gasteiger charge is -2.39. The Hall–Kier alpha value is -1.22. The van der Waals surface area contributed by atoms with E-state index in [9.17, 15) is 9.59 Å². The highest BCUT2D eigenvalue weighted by Gasteiger charge is 2.63. The summed E-state index contributed by atoms with van der Waals surface area (Å²) in [4.78, 5) is 23.5. The fraction of sp³-hybridized carbons (Fsp3) is 0.875. The number of hydrogen-bond acceptors (Lipinski definition) is 7. The number of carbonyl (C=O) groups excluding carboxylic acids is 2. The topological polar surface area (TPSA) is 92.3 Å². The number of methoxy groups -OCH3 is 1. The molecule has 8 heteroatoms. The SMILES string of the molecule is COC(=O)C(C[C@]12C[C@@H]3OC(C)(C)CO[C@@H]3[C@H]1OCO2)NC(C)=O. The van der Waals surface area contributed by atoms with Crippen LogP contribution in [0.3, 0.4) is 0 Å². The molecule has 1 saturated carbocycles. The molecule has 2 aliphatic heterocycles. The molecular weight excluding hydrogens is 318 g/mol. The fourth-order valence-corrected chi connectivity index (χ4v) is 3.91. The van der Waals surface area contributed by atoms with Crippen LogP contribution in [-0.4, -0.2) is 67.9 Å². The van der Waals surface area contributed by atoms with Crippen LogP contribution in [0.15, 0.2) is 0 Å². The van der Waals surface area contributed by atoms with Crippen molar-refractivity contribution < 1.29 is 33.3 Å². The van der Waals surface area contributed by atoms with Crippen LogP contribution in [0.4, 0.5) is 0 Å². The van der Waals surface area contributed by atoms with E-state index in [2.05, 4.69) is 5.32 Å². The van der Waals surface area contributed by atoms with Crippen molar-refractivity contribution >= 4 is 11.9 Å². The molecule has 24 heavy (non-hydrogen) atoms. The molecule has 1 amide bonds. The third-order valence-corrected chi connectivity index (χ3v) is 4.83. The Kier molecular flexibility index (Phi) is 4.59. The van der Waals surface area contributed by atoms with Crippen molar-refractivity contribution in [3.63, 3.8) is 0 Å². The van der Waals surface area contributed by atoms with E-state index in [1.807, 2.05) is 13.8 Å². The van der Waals surface area contributed by atoms with Gasteiger partial charge in [-0.1, -0.05) is 0 Å². The van der Waals surface area contributed by atoms with Gasteiger partial charge in [-0.15, -0.1) is 0 Å².